The fourth-order valence-electron chi connectivity index (χ4n) is 2.31. The molecule has 0 bridgehead atoms. The van der Waals surface area contributed by atoms with Crippen LogP contribution in [0.1, 0.15) is 19.8 Å². The second-order valence-corrected chi connectivity index (χ2v) is 5.18. The molecule has 5 nitrogen and oxygen atoms in total. The van der Waals surface area contributed by atoms with Gasteiger partial charge in [-0.15, -0.1) is 24.8 Å². The van der Waals surface area contributed by atoms with Gasteiger partial charge in [-0.05, 0) is 26.8 Å². The first-order valence-electron chi connectivity index (χ1n) is 6.71. The molecule has 0 aromatic carbocycles. The summed E-state index contributed by atoms with van der Waals surface area (Å²) >= 11 is 0. The average Bonchev–Trinajstić information content (AvgIpc) is 2.37. The number of carbonyl (C=O) groups excluding carboxylic acids is 1. The SMILES string of the molecule is COCCNCC(=O)N(C)C1CCN(C)C(C)C1.Cl.Cl. The fourth-order valence-corrected chi connectivity index (χ4v) is 2.31. The van der Waals surface area contributed by atoms with E-state index in [0.29, 0.717) is 25.2 Å². The Labute approximate surface area is 135 Å². The topological polar surface area (TPSA) is 44.8 Å². The van der Waals surface area contributed by atoms with Crippen LogP contribution in [0.15, 0.2) is 0 Å². The maximum absolute atomic E-state index is 12.0. The minimum atomic E-state index is 0. The van der Waals surface area contributed by atoms with Gasteiger partial charge in [0.15, 0.2) is 0 Å². The molecule has 1 saturated heterocycles. The first-order chi connectivity index (χ1) is 8.56. The van der Waals surface area contributed by atoms with E-state index in [-0.39, 0.29) is 30.7 Å². The fraction of sp³-hybridized carbons (Fsp3) is 0.923. The van der Waals surface area contributed by atoms with E-state index in [1.54, 1.807) is 7.11 Å². The van der Waals surface area contributed by atoms with Gasteiger partial charge in [0.25, 0.3) is 0 Å². The lowest BCUT2D eigenvalue weighted by Gasteiger charge is -2.39. The smallest absolute Gasteiger partial charge is 0.236 e. The van der Waals surface area contributed by atoms with Crippen LogP contribution in [0.3, 0.4) is 0 Å². The van der Waals surface area contributed by atoms with Crippen LogP contribution in [0, 0.1) is 0 Å². The third-order valence-corrected chi connectivity index (χ3v) is 3.88. The van der Waals surface area contributed by atoms with Crippen molar-refractivity contribution in [3.63, 3.8) is 0 Å². The van der Waals surface area contributed by atoms with Crippen molar-refractivity contribution in [2.75, 3.05) is 47.4 Å². The quantitative estimate of drug-likeness (QED) is 0.738. The molecule has 7 heteroatoms. The Morgan fingerprint density at radius 3 is 2.65 bits per heavy atom. The van der Waals surface area contributed by atoms with Gasteiger partial charge in [-0.3, -0.25) is 4.79 Å². The maximum atomic E-state index is 12.0. The summed E-state index contributed by atoms with van der Waals surface area (Å²) in [5.41, 5.74) is 0. The molecule has 0 spiro atoms. The lowest BCUT2D eigenvalue weighted by Crippen LogP contribution is -2.49. The Balaban J connectivity index is 0. The second kappa shape index (κ2) is 11.6. The summed E-state index contributed by atoms with van der Waals surface area (Å²) in [5.74, 6) is 0.174. The van der Waals surface area contributed by atoms with Crippen LogP contribution in [0.5, 0.6) is 0 Å². The lowest BCUT2D eigenvalue weighted by atomic mass is 9.98. The van der Waals surface area contributed by atoms with Crippen LogP contribution in [0.25, 0.3) is 0 Å². The molecular formula is C13H29Cl2N3O2. The molecule has 1 aliphatic heterocycles. The summed E-state index contributed by atoms with van der Waals surface area (Å²) in [7, 11) is 5.73. The number of likely N-dealkylation sites (tertiary alicyclic amines) is 1. The number of amides is 1. The average molecular weight is 330 g/mol. The lowest BCUT2D eigenvalue weighted by molar-refractivity contribution is -0.132. The summed E-state index contributed by atoms with van der Waals surface area (Å²) in [6, 6.07) is 0.938. The Hall–Kier alpha value is -0.0700. The van der Waals surface area contributed by atoms with Crippen molar-refractivity contribution in [3.8, 4) is 0 Å². The summed E-state index contributed by atoms with van der Waals surface area (Å²) in [6.07, 6.45) is 2.14. The van der Waals surface area contributed by atoms with Crippen molar-refractivity contribution in [3.05, 3.63) is 0 Å². The molecule has 2 atom stereocenters. The third kappa shape index (κ3) is 7.09. The zero-order valence-corrected chi connectivity index (χ0v) is 14.6. The van der Waals surface area contributed by atoms with E-state index in [0.717, 1.165) is 25.9 Å². The third-order valence-electron chi connectivity index (χ3n) is 3.88. The van der Waals surface area contributed by atoms with Crippen molar-refractivity contribution < 1.29 is 9.53 Å². The number of halogens is 2. The molecule has 1 amide bonds. The highest BCUT2D eigenvalue weighted by atomic mass is 35.5. The molecule has 122 valence electrons. The monoisotopic (exact) mass is 329 g/mol. The highest BCUT2D eigenvalue weighted by molar-refractivity contribution is 5.85. The zero-order valence-electron chi connectivity index (χ0n) is 12.9. The van der Waals surface area contributed by atoms with E-state index >= 15 is 0 Å². The number of nitrogens with one attached hydrogen (secondary N) is 1. The molecule has 1 fully saturated rings. The van der Waals surface area contributed by atoms with Gasteiger partial charge in [-0.25, -0.2) is 0 Å². The molecule has 0 aliphatic carbocycles. The number of ether oxygens (including phenoxy) is 1. The number of likely N-dealkylation sites (N-methyl/N-ethyl adjacent to an activating group) is 1. The predicted octanol–water partition coefficient (Wildman–Crippen LogP) is 1.01. The van der Waals surface area contributed by atoms with Gasteiger partial charge in [-0.2, -0.15) is 0 Å². The summed E-state index contributed by atoms with van der Waals surface area (Å²) in [6.45, 7) is 5.06. The van der Waals surface area contributed by atoms with Gasteiger partial charge < -0.3 is 19.9 Å². The molecule has 0 aromatic heterocycles. The van der Waals surface area contributed by atoms with Crippen LogP contribution in [-0.2, 0) is 9.53 Å². The Morgan fingerprint density at radius 2 is 2.10 bits per heavy atom. The molecule has 20 heavy (non-hydrogen) atoms. The van der Waals surface area contributed by atoms with Gasteiger partial charge >= 0.3 is 0 Å². The van der Waals surface area contributed by atoms with E-state index in [1.165, 1.54) is 0 Å². The normalized spacial score (nSPS) is 22.6. The van der Waals surface area contributed by atoms with Gasteiger partial charge in [0.1, 0.15) is 0 Å². The summed E-state index contributed by atoms with van der Waals surface area (Å²) in [5, 5.41) is 3.10. The van der Waals surface area contributed by atoms with Crippen molar-refractivity contribution in [1.82, 2.24) is 15.1 Å². The first-order valence-corrected chi connectivity index (χ1v) is 6.71. The molecule has 1 aliphatic rings. The molecule has 2 unspecified atom stereocenters. The molecule has 1 rings (SSSR count). The Bertz CT molecular complexity index is 270. The van der Waals surface area contributed by atoms with Gasteiger partial charge in [-0.1, -0.05) is 0 Å². The predicted molar refractivity (Wildman–Crippen MR) is 87.1 cm³/mol. The van der Waals surface area contributed by atoms with Crippen LogP contribution in [0.2, 0.25) is 0 Å². The van der Waals surface area contributed by atoms with Crippen LogP contribution in [-0.4, -0.2) is 75.2 Å². The largest absolute Gasteiger partial charge is 0.383 e. The maximum Gasteiger partial charge on any atom is 0.236 e. The molecule has 0 aromatic rings. The highest BCUT2D eigenvalue weighted by Gasteiger charge is 2.27. The Kier molecular flexibility index (Phi) is 12.9. The number of hydrogen-bond donors (Lipinski definition) is 1. The standard InChI is InChI=1S/C13H27N3O2.2ClH/c1-11-9-12(5-7-15(11)2)16(3)13(17)10-14-6-8-18-4;;/h11-12,14H,5-10H2,1-4H3;2*1H. The van der Waals surface area contributed by atoms with Crippen molar-refractivity contribution in [2.45, 2.75) is 31.8 Å². The molecule has 0 saturated carbocycles. The van der Waals surface area contributed by atoms with E-state index in [9.17, 15) is 4.79 Å². The van der Waals surface area contributed by atoms with E-state index in [4.69, 9.17) is 4.74 Å². The molecule has 1 N–H and O–H groups in total. The first kappa shape index (κ1) is 22.2. The van der Waals surface area contributed by atoms with Crippen molar-refractivity contribution in [2.24, 2.45) is 0 Å². The number of hydrogen-bond acceptors (Lipinski definition) is 4. The number of nitrogens with zero attached hydrogens (tertiary/aromatic N) is 2. The number of carbonyl (C=O) groups is 1. The molecular weight excluding hydrogens is 301 g/mol. The van der Waals surface area contributed by atoms with Gasteiger partial charge in [0.2, 0.25) is 5.91 Å². The molecule has 0 radical (unpaired) electrons. The van der Waals surface area contributed by atoms with Gasteiger partial charge in [0.05, 0.1) is 13.2 Å². The van der Waals surface area contributed by atoms with Crippen molar-refractivity contribution in [1.29, 1.82) is 0 Å². The van der Waals surface area contributed by atoms with E-state index < -0.39 is 0 Å². The molecule has 1 heterocycles. The van der Waals surface area contributed by atoms with E-state index in [1.807, 2.05) is 11.9 Å². The minimum Gasteiger partial charge on any atom is -0.383 e. The second-order valence-electron chi connectivity index (χ2n) is 5.18. The minimum absolute atomic E-state index is 0. The van der Waals surface area contributed by atoms with Crippen molar-refractivity contribution >= 4 is 30.7 Å². The Morgan fingerprint density at radius 1 is 1.45 bits per heavy atom. The number of methoxy groups -OCH3 is 1. The van der Waals surface area contributed by atoms with E-state index in [2.05, 4.69) is 24.2 Å². The van der Waals surface area contributed by atoms with Gasteiger partial charge in [0, 0.05) is 39.3 Å². The summed E-state index contributed by atoms with van der Waals surface area (Å²) < 4.78 is 4.93. The van der Waals surface area contributed by atoms with Crippen LogP contribution in [0.4, 0.5) is 0 Å². The summed E-state index contributed by atoms with van der Waals surface area (Å²) in [4.78, 5) is 16.3. The zero-order chi connectivity index (χ0) is 13.5. The van der Waals surface area contributed by atoms with Crippen LogP contribution < -0.4 is 5.32 Å². The number of piperidine rings is 1. The number of rotatable bonds is 6. The highest BCUT2D eigenvalue weighted by Crippen LogP contribution is 2.19. The van der Waals surface area contributed by atoms with Crippen LogP contribution >= 0.6 is 24.8 Å².